The summed E-state index contributed by atoms with van der Waals surface area (Å²) in [5.41, 5.74) is 0. The number of allylic oxidation sites excluding steroid dienone is 5. The molecule has 0 aromatic rings. The molecule has 0 bridgehead atoms. The number of hydrogen-bond donors (Lipinski definition) is 1. The zero-order chi connectivity index (χ0) is 22.4. The molecular weight excluding hydrogens is 384 g/mol. The Morgan fingerprint density at radius 2 is 1.60 bits per heavy atom. The van der Waals surface area contributed by atoms with Crippen LogP contribution in [-0.4, -0.2) is 35.2 Å². The lowest BCUT2D eigenvalue weighted by Gasteiger charge is -2.22. The summed E-state index contributed by atoms with van der Waals surface area (Å²) in [7, 11) is 0. The van der Waals surface area contributed by atoms with Crippen LogP contribution in [0.5, 0.6) is 0 Å². The number of unbranched alkanes of at least 4 members (excludes halogenated alkanes) is 3. The number of esters is 2. The molecule has 0 aromatic heterocycles. The average molecular weight is 421 g/mol. The molecule has 0 spiro atoms. The van der Waals surface area contributed by atoms with E-state index in [9.17, 15) is 14.4 Å². The third-order valence-corrected chi connectivity index (χ3v) is 5.14. The molecular formula is C24H36O6. The number of carbonyl (C=O) groups is 3. The van der Waals surface area contributed by atoms with Crippen LogP contribution in [-0.2, 0) is 23.9 Å². The molecule has 168 valence electrons. The van der Waals surface area contributed by atoms with Gasteiger partial charge in [-0.05, 0) is 25.7 Å². The summed E-state index contributed by atoms with van der Waals surface area (Å²) in [6.45, 7) is 4.93. The molecule has 6 heteroatoms. The van der Waals surface area contributed by atoms with E-state index in [1.165, 1.54) is 13.8 Å². The number of hydrogen-bond acceptors (Lipinski definition) is 5. The first-order chi connectivity index (χ1) is 14.3. The van der Waals surface area contributed by atoms with E-state index in [2.05, 4.69) is 13.0 Å². The number of aliphatic carboxylic acids is 1. The predicted molar refractivity (Wildman–Crippen MR) is 116 cm³/mol. The Bertz CT molecular complexity index is 634. The van der Waals surface area contributed by atoms with Crippen molar-refractivity contribution in [1.29, 1.82) is 0 Å². The lowest BCUT2D eigenvalue weighted by Crippen LogP contribution is -2.24. The van der Waals surface area contributed by atoms with Gasteiger partial charge < -0.3 is 14.6 Å². The molecule has 0 amide bonds. The summed E-state index contributed by atoms with van der Waals surface area (Å²) in [5.74, 6) is -1.55. The van der Waals surface area contributed by atoms with Crippen molar-refractivity contribution in [2.45, 2.75) is 84.3 Å². The van der Waals surface area contributed by atoms with Gasteiger partial charge in [-0.25, -0.2) is 0 Å². The number of carboxylic acids is 1. The average Bonchev–Trinajstić information content (AvgIpc) is 2.95. The Kier molecular flexibility index (Phi) is 12.5. The van der Waals surface area contributed by atoms with Crippen LogP contribution in [0, 0.1) is 11.8 Å². The van der Waals surface area contributed by atoms with E-state index in [4.69, 9.17) is 14.6 Å². The molecule has 6 nitrogen and oxygen atoms in total. The fourth-order valence-electron chi connectivity index (χ4n) is 3.78. The minimum Gasteiger partial charge on any atom is -0.481 e. The summed E-state index contributed by atoms with van der Waals surface area (Å²) < 4.78 is 11.1. The highest BCUT2D eigenvalue weighted by Gasteiger charge is 2.44. The van der Waals surface area contributed by atoms with Crippen LogP contribution in [0.25, 0.3) is 0 Å². The van der Waals surface area contributed by atoms with Crippen LogP contribution < -0.4 is 0 Å². The number of carboxylic acid groups (broad SMARTS) is 1. The number of ether oxygens (including phenoxy) is 2. The van der Waals surface area contributed by atoms with Crippen LogP contribution in [0.1, 0.15) is 72.1 Å². The molecule has 0 radical (unpaired) electrons. The van der Waals surface area contributed by atoms with Crippen LogP contribution in [0.4, 0.5) is 0 Å². The molecule has 0 saturated heterocycles. The van der Waals surface area contributed by atoms with Crippen molar-refractivity contribution in [3.8, 4) is 0 Å². The highest BCUT2D eigenvalue weighted by atomic mass is 16.6. The van der Waals surface area contributed by atoms with Crippen molar-refractivity contribution in [2.75, 3.05) is 0 Å². The van der Waals surface area contributed by atoms with Crippen LogP contribution in [0.3, 0.4) is 0 Å². The van der Waals surface area contributed by atoms with Gasteiger partial charge in [0, 0.05) is 38.5 Å². The van der Waals surface area contributed by atoms with Gasteiger partial charge in [-0.15, -0.1) is 0 Å². The minimum absolute atomic E-state index is 0.00531. The quantitative estimate of drug-likeness (QED) is 0.195. The molecule has 1 fully saturated rings. The topological polar surface area (TPSA) is 89.9 Å². The highest BCUT2D eigenvalue weighted by Crippen LogP contribution is 2.40. The number of rotatable bonds is 13. The smallest absolute Gasteiger partial charge is 0.303 e. The Labute approximate surface area is 180 Å². The summed E-state index contributed by atoms with van der Waals surface area (Å²) >= 11 is 0. The van der Waals surface area contributed by atoms with E-state index < -0.39 is 5.97 Å². The Morgan fingerprint density at radius 3 is 2.23 bits per heavy atom. The second-order valence-corrected chi connectivity index (χ2v) is 7.72. The molecule has 1 rings (SSSR count). The number of carbonyl (C=O) groups excluding carboxylic acids is 2. The van der Waals surface area contributed by atoms with E-state index in [1.807, 2.05) is 30.4 Å². The highest BCUT2D eigenvalue weighted by molar-refractivity contribution is 5.67. The maximum Gasteiger partial charge on any atom is 0.303 e. The Hall–Kier alpha value is -2.37. The van der Waals surface area contributed by atoms with Crippen LogP contribution in [0.15, 0.2) is 36.5 Å². The van der Waals surface area contributed by atoms with Crippen molar-refractivity contribution in [3.05, 3.63) is 36.5 Å². The summed E-state index contributed by atoms with van der Waals surface area (Å²) in [4.78, 5) is 33.8. The standard InChI is InChI=1S/C24H36O6/c1-4-5-6-7-8-11-14-20-21(15-12-9-10-13-16-24(27)28)23(30-19(3)26)17-22(20)29-18(2)25/h7-9,11-12,14,20-23H,4-6,10,13,15-17H2,1-3H3,(H,27,28)/t20-,21-,22-,23+/m1/s1. The van der Waals surface area contributed by atoms with Crippen molar-refractivity contribution >= 4 is 17.9 Å². The van der Waals surface area contributed by atoms with E-state index in [0.29, 0.717) is 25.7 Å². The molecule has 0 aromatic carbocycles. The van der Waals surface area contributed by atoms with Crippen molar-refractivity contribution in [3.63, 3.8) is 0 Å². The van der Waals surface area contributed by atoms with Gasteiger partial charge in [-0.2, -0.15) is 0 Å². The van der Waals surface area contributed by atoms with Gasteiger partial charge in [-0.1, -0.05) is 56.2 Å². The first kappa shape index (κ1) is 25.7. The zero-order valence-corrected chi connectivity index (χ0v) is 18.4. The normalized spacial score (nSPS) is 24.1. The summed E-state index contributed by atoms with van der Waals surface area (Å²) in [6.07, 6.45) is 17.4. The van der Waals surface area contributed by atoms with E-state index >= 15 is 0 Å². The van der Waals surface area contributed by atoms with Gasteiger partial charge in [-0.3, -0.25) is 14.4 Å². The monoisotopic (exact) mass is 420 g/mol. The first-order valence-electron chi connectivity index (χ1n) is 10.9. The molecule has 1 saturated carbocycles. The van der Waals surface area contributed by atoms with Crippen LogP contribution >= 0.6 is 0 Å². The molecule has 4 atom stereocenters. The minimum atomic E-state index is -0.796. The maximum absolute atomic E-state index is 11.6. The van der Waals surface area contributed by atoms with Gasteiger partial charge in [0.1, 0.15) is 12.2 Å². The molecule has 1 aliphatic rings. The van der Waals surface area contributed by atoms with Crippen molar-refractivity contribution < 1.29 is 29.0 Å². The molecule has 0 aliphatic heterocycles. The lowest BCUT2D eigenvalue weighted by molar-refractivity contribution is -0.149. The largest absolute Gasteiger partial charge is 0.481 e. The maximum atomic E-state index is 11.6. The third-order valence-electron chi connectivity index (χ3n) is 5.14. The fraction of sp³-hybridized carbons (Fsp3) is 0.625. The SMILES string of the molecule is CCCCC=CC=C[C@@H]1[C@@H](CC=CCCCC(=O)O)[C@@H](OC(C)=O)C[C@H]1OC(C)=O. The second-order valence-electron chi connectivity index (χ2n) is 7.72. The van der Waals surface area contributed by atoms with E-state index in [1.54, 1.807) is 0 Å². The van der Waals surface area contributed by atoms with Crippen LogP contribution in [0.2, 0.25) is 0 Å². The van der Waals surface area contributed by atoms with Gasteiger partial charge in [0.2, 0.25) is 0 Å². The van der Waals surface area contributed by atoms with Crippen molar-refractivity contribution in [1.82, 2.24) is 0 Å². The van der Waals surface area contributed by atoms with Gasteiger partial charge >= 0.3 is 17.9 Å². The Morgan fingerprint density at radius 1 is 0.933 bits per heavy atom. The summed E-state index contributed by atoms with van der Waals surface area (Å²) in [6, 6.07) is 0. The van der Waals surface area contributed by atoms with Gasteiger partial charge in [0.15, 0.2) is 0 Å². The molecule has 0 heterocycles. The summed E-state index contributed by atoms with van der Waals surface area (Å²) in [5, 5.41) is 8.72. The predicted octanol–water partition coefficient (Wildman–Crippen LogP) is 4.99. The molecule has 1 N–H and O–H groups in total. The van der Waals surface area contributed by atoms with E-state index in [-0.39, 0.29) is 42.4 Å². The second kappa shape index (κ2) is 14.6. The zero-order valence-electron chi connectivity index (χ0n) is 18.4. The Balaban J connectivity index is 2.87. The fourth-order valence-corrected chi connectivity index (χ4v) is 3.78. The molecule has 0 unspecified atom stereocenters. The first-order valence-corrected chi connectivity index (χ1v) is 10.9. The third kappa shape index (κ3) is 10.4. The van der Waals surface area contributed by atoms with Gasteiger partial charge in [0.05, 0.1) is 0 Å². The lowest BCUT2D eigenvalue weighted by atomic mass is 9.89. The van der Waals surface area contributed by atoms with Crippen molar-refractivity contribution in [2.24, 2.45) is 11.8 Å². The molecule has 1 aliphatic carbocycles. The molecule has 30 heavy (non-hydrogen) atoms. The van der Waals surface area contributed by atoms with Gasteiger partial charge in [0.25, 0.3) is 0 Å². The van der Waals surface area contributed by atoms with E-state index in [0.717, 1.165) is 19.3 Å².